The van der Waals surface area contributed by atoms with Gasteiger partial charge in [0.2, 0.25) is 0 Å². The summed E-state index contributed by atoms with van der Waals surface area (Å²) in [6, 6.07) is 9.88. The second-order valence-electron chi connectivity index (χ2n) is 3.67. The Morgan fingerprint density at radius 1 is 1.29 bits per heavy atom. The molecule has 0 amide bonds. The summed E-state index contributed by atoms with van der Waals surface area (Å²) in [6.45, 7) is 0.486. The standard InChI is InChI=1S/C12H10ClN3S/c13-11-5-4-10(17-11)12-15-7-9-3-1-2-8(6-14)16(9)12/h1-5,7H,6,14H2. The molecule has 0 fully saturated rings. The van der Waals surface area contributed by atoms with Gasteiger partial charge >= 0.3 is 0 Å². The molecule has 0 aliphatic carbocycles. The van der Waals surface area contributed by atoms with Crippen molar-refractivity contribution < 1.29 is 0 Å². The van der Waals surface area contributed by atoms with Crippen LogP contribution in [-0.4, -0.2) is 9.38 Å². The lowest BCUT2D eigenvalue weighted by molar-refractivity contribution is 0.947. The largest absolute Gasteiger partial charge is 0.325 e. The summed E-state index contributed by atoms with van der Waals surface area (Å²) >= 11 is 7.48. The van der Waals surface area contributed by atoms with Crippen LogP contribution in [-0.2, 0) is 6.54 Å². The summed E-state index contributed by atoms with van der Waals surface area (Å²) in [5.41, 5.74) is 7.85. The van der Waals surface area contributed by atoms with Crippen LogP contribution >= 0.6 is 22.9 Å². The first kappa shape index (κ1) is 10.8. The van der Waals surface area contributed by atoms with E-state index < -0.39 is 0 Å². The molecule has 3 nitrogen and oxygen atoms in total. The van der Waals surface area contributed by atoms with Crippen LogP contribution in [0, 0.1) is 0 Å². The van der Waals surface area contributed by atoms with Gasteiger partial charge in [-0.1, -0.05) is 17.7 Å². The lowest BCUT2D eigenvalue weighted by Gasteiger charge is -2.05. The Kier molecular flexibility index (Phi) is 2.63. The van der Waals surface area contributed by atoms with Crippen molar-refractivity contribution in [2.24, 2.45) is 5.73 Å². The first-order valence-corrected chi connectivity index (χ1v) is 6.40. The van der Waals surface area contributed by atoms with Crippen molar-refractivity contribution in [3.8, 4) is 10.7 Å². The van der Waals surface area contributed by atoms with E-state index in [0.717, 1.165) is 26.2 Å². The Bertz CT molecular complexity index is 671. The van der Waals surface area contributed by atoms with Gasteiger partial charge in [-0.3, -0.25) is 4.40 Å². The molecule has 0 radical (unpaired) electrons. The van der Waals surface area contributed by atoms with E-state index >= 15 is 0 Å². The molecule has 3 aromatic rings. The van der Waals surface area contributed by atoms with Crippen LogP contribution in [0.3, 0.4) is 0 Å². The Balaban J connectivity index is 2.30. The van der Waals surface area contributed by atoms with Crippen LogP contribution in [0.1, 0.15) is 5.69 Å². The van der Waals surface area contributed by atoms with Crippen molar-refractivity contribution in [2.75, 3.05) is 0 Å². The molecule has 0 aromatic carbocycles. The Hall–Kier alpha value is -1.36. The molecule has 0 saturated carbocycles. The average Bonchev–Trinajstić information content (AvgIpc) is 2.94. The maximum absolute atomic E-state index is 5.96. The number of nitrogens with zero attached hydrogens (tertiary/aromatic N) is 2. The second kappa shape index (κ2) is 4.14. The Morgan fingerprint density at radius 3 is 2.88 bits per heavy atom. The molecule has 5 heteroatoms. The summed E-state index contributed by atoms with van der Waals surface area (Å²) in [6.07, 6.45) is 1.85. The van der Waals surface area contributed by atoms with Crippen molar-refractivity contribution in [1.82, 2.24) is 9.38 Å². The zero-order chi connectivity index (χ0) is 11.8. The molecule has 2 N–H and O–H groups in total. The van der Waals surface area contributed by atoms with Crippen LogP contribution in [0.15, 0.2) is 36.5 Å². The van der Waals surface area contributed by atoms with E-state index in [0.29, 0.717) is 6.54 Å². The third-order valence-corrected chi connectivity index (χ3v) is 3.86. The Labute approximate surface area is 107 Å². The average molecular weight is 264 g/mol. The van der Waals surface area contributed by atoms with Crippen molar-refractivity contribution in [2.45, 2.75) is 6.54 Å². The third kappa shape index (κ3) is 1.74. The molecular formula is C12H10ClN3S. The molecule has 3 aromatic heterocycles. The number of imidazole rings is 1. The molecule has 0 aliphatic rings. The number of halogens is 1. The van der Waals surface area contributed by atoms with E-state index in [-0.39, 0.29) is 0 Å². The monoisotopic (exact) mass is 263 g/mol. The van der Waals surface area contributed by atoms with Crippen LogP contribution in [0.2, 0.25) is 4.34 Å². The van der Waals surface area contributed by atoms with Crippen LogP contribution in [0.5, 0.6) is 0 Å². The van der Waals surface area contributed by atoms with Gasteiger partial charge in [0.05, 0.1) is 20.9 Å². The fourth-order valence-electron chi connectivity index (χ4n) is 1.88. The lowest BCUT2D eigenvalue weighted by atomic mass is 10.3. The summed E-state index contributed by atoms with van der Waals surface area (Å²) in [4.78, 5) is 5.50. The molecule has 17 heavy (non-hydrogen) atoms. The van der Waals surface area contributed by atoms with Gasteiger partial charge in [-0.15, -0.1) is 11.3 Å². The number of nitrogens with two attached hydrogens (primary N) is 1. The normalized spacial score (nSPS) is 11.2. The number of pyridine rings is 1. The van der Waals surface area contributed by atoms with Crippen molar-refractivity contribution in [3.05, 3.63) is 46.6 Å². The highest BCUT2D eigenvalue weighted by Crippen LogP contribution is 2.31. The maximum Gasteiger partial charge on any atom is 0.154 e. The zero-order valence-electron chi connectivity index (χ0n) is 8.93. The molecule has 0 spiro atoms. The van der Waals surface area contributed by atoms with E-state index in [1.54, 1.807) is 0 Å². The highest BCUT2D eigenvalue weighted by atomic mass is 35.5. The van der Waals surface area contributed by atoms with E-state index in [1.807, 2.05) is 36.5 Å². The van der Waals surface area contributed by atoms with E-state index in [4.69, 9.17) is 17.3 Å². The van der Waals surface area contributed by atoms with Gasteiger partial charge in [0.15, 0.2) is 5.82 Å². The number of aromatic nitrogens is 2. The summed E-state index contributed by atoms with van der Waals surface area (Å²) in [5, 5.41) is 0. The van der Waals surface area contributed by atoms with Gasteiger partial charge in [0.1, 0.15) is 0 Å². The summed E-state index contributed by atoms with van der Waals surface area (Å²) < 4.78 is 2.84. The van der Waals surface area contributed by atoms with Gasteiger partial charge in [-0.05, 0) is 24.3 Å². The van der Waals surface area contributed by atoms with Gasteiger partial charge in [0, 0.05) is 12.2 Å². The lowest BCUT2D eigenvalue weighted by Crippen LogP contribution is -2.04. The number of hydrogen-bond donors (Lipinski definition) is 1. The maximum atomic E-state index is 5.96. The van der Waals surface area contributed by atoms with Gasteiger partial charge in [0.25, 0.3) is 0 Å². The SMILES string of the molecule is NCc1cccc2cnc(-c3ccc(Cl)s3)n12. The van der Waals surface area contributed by atoms with Crippen LogP contribution < -0.4 is 5.73 Å². The Morgan fingerprint density at radius 2 is 2.18 bits per heavy atom. The molecule has 0 bridgehead atoms. The highest BCUT2D eigenvalue weighted by molar-refractivity contribution is 7.19. The topological polar surface area (TPSA) is 43.3 Å². The summed E-state index contributed by atoms with van der Waals surface area (Å²) in [7, 11) is 0. The minimum absolute atomic E-state index is 0.486. The first-order valence-electron chi connectivity index (χ1n) is 5.21. The third-order valence-electron chi connectivity index (χ3n) is 2.63. The minimum Gasteiger partial charge on any atom is -0.325 e. The van der Waals surface area contributed by atoms with Gasteiger partial charge < -0.3 is 5.73 Å². The quantitative estimate of drug-likeness (QED) is 0.772. The molecule has 3 heterocycles. The van der Waals surface area contributed by atoms with Crippen molar-refractivity contribution >= 4 is 28.5 Å². The fraction of sp³-hybridized carbons (Fsp3) is 0.0833. The van der Waals surface area contributed by atoms with E-state index in [1.165, 1.54) is 11.3 Å². The smallest absolute Gasteiger partial charge is 0.154 e. The minimum atomic E-state index is 0.486. The summed E-state index contributed by atoms with van der Waals surface area (Å²) in [5.74, 6) is 0.901. The van der Waals surface area contributed by atoms with Crippen LogP contribution in [0.25, 0.3) is 16.2 Å². The molecule has 0 saturated heterocycles. The van der Waals surface area contributed by atoms with Crippen LogP contribution in [0.4, 0.5) is 0 Å². The predicted molar refractivity (Wildman–Crippen MR) is 71.4 cm³/mol. The van der Waals surface area contributed by atoms with E-state index in [9.17, 15) is 0 Å². The number of fused-ring (bicyclic) bond motifs is 1. The molecule has 0 aliphatic heterocycles. The highest BCUT2D eigenvalue weighted by Gasteiger charge is 2.10. The van der Waals surface area contributed by atoms with E-state index in [2.05, 4.69) is 9.38 Å². The van der Waals surface area contributed by atoms with Crippen molar-refractivity contribution in [1.29, 1.82) is 0 Å². The molecule has 86 valence electrons. The molecule has 0 atom stereocenters. The van der Waals surface area contributed by atoms with Crippen molar-refractivity contribution in [3.63, 3.8) is 0 Å². The predicted octanol–water partition coefficient (Wildman–Crippen LogP) is 3.17. The number of hydrogen-bond acceptors (Lipinski definition) is 3. The first-order chi connectivity index (χ1) is 8.29. The number of rotatable bonds is 2. The molecular weight excluding hydrogens is 254 g/mol. The number of thiophene rings is 1. The molecule has 3 rings (SSSR count). The zero-order valence-corrected chi connectivity index (χ0v) is 10.5. The second-order valence-corrected chi connectivity index (χ2v) is 5.38. The molecule has 0 unspecified atom stereocenters. The van der Waals surface area contributed by atoms with Gasteiger partial charge in [-0.2, -0.15) is 0 Å². The van der Waals surface area contributed by atoms with Gasteiger partial charge in [-0.25, -0.2) is 4.98 Å². The fourth-order valence-corrected chi connectivity index (χ4v) is 2.91.